The van der Waals surface area contributed by atoms with Crippen LogP contribution < -0.4 is 5.32 Å². The van der Waals surface area contributed by atoms with Gasteiger partial charge in [-0.3, -0.25) is 5.32 Å². The van der Waals surface area contributed by atoms with Crippen molar-refractivity contribution in [1.82, 2.24) is 5.32 Å². The van der Waals surface area contributed by atoms with Crippen LogP contribution in [0.3, 0.4) is 0 Å². The van der Waals surface area contributed by atoms with E-state index in [2.05, 4.69) is 11.2 Å². The molecule has 0 fully saturated rings. The lowest BCUT2D eigenvalue weighted by Gasteiger charge is -2.07. The van der Waals surface area contributed by atoms with Gasteiger partial charge >= 0.3 is 0 Å². The highest BCUT2D eigenvalue weighted by molar-refractivity contribution is 5.18. The minimum atomic E-state index is -0.573. The van der Waals surface area contributed by atoms with E-state index in [1.54, 1.807) is 6.92 Å². The highest BCUT2D eigenvalue weighted by Gasteiger charge is 2.04. The van der Waals surface area contributed by atoms with Crippen LogP contribution in [0.15, 0.2) is 18.2 Å². The molecule has 0 saturated heterocycles. The third kappa shape index (κ3) is 2.82. The number of rotatable bonds is 3. The van der Waals surface area contributed by atoms with E-state index in [0.717, 1.165) is 6.07 Å². The fourth-order valence-electron chi connectivity index (χ4n) is 0.987. The van der Waals surface area contributed by atoms with Crippen molar-refractivity contribution in [1.29, 1.82) is 0 Å². The first-order chi connectivity index (χ1) is 6.63. The summed E-state index contributed by atoms with van der Waals surface area (Å²) in [5.41, 5.74) is 0.411. The minimum Gasteiger partial charge on any atom is -0.300 e. The summed E-state index contributed by atoms with van der Waals surface area (Å²) in [5.74, 6) is 1.33. The molecule has 0 radical (unpaired) electrons. The van der Waals surface area contributed by atoms with E-state index in [0.29, 0.717) is 12.1 Å². The van der Waals surface area contributed by atoms with Crippen LogP contribution in [0.25, 0.3) is 0 Å². The van der Waals surface area contributed by atoms with E-state index >= 15 is 0 Å². The smallest absolute Gasteiger partial charge is 0.130 e. The summed E-state index contributed by atoms with van der Waals surface area (Å²) in [7, 11) is 0. The Morgan fingerprint density at radius 2 is 2.21 bits per heavy atom. The van der Waals surface area contributed by atoms with Crippen molar-refractivity contribution in [3.8, 4) is 12.3 Å². The van der Waals surface area contributed by atoms with E-state index < -0.39 is 11.6 Å². The second-order valence-electron chi connectivity index (χ2n) is 3.00. The van der Waals surface area contributed by atoms with Crippen molar-refractivity contribution in [3.05, 3.63) is 35.4 Å². The van der Waals surface area contributed by atoms with E-state index in [1.165, 1.54) is 12.1 Å². The maximum atomic E-state index is 13.1. The molecular formula is C11H11F2N. The maximum Gasteiger partial charge on any atom is 0.130 e. The van der Waals surface area contributed by atoms with Gasteiger partial charge in [-0.15, -0.1) is 6.42 Å². The van der Waals surface area contributed by atoms with Crippen LogP contribution in [0.2, 0.25) is 0 Å². The lowest BCUT2D eigenvalue weighted by Crippen LogP contribution is -2.24. The average molecular weight is 195 g/mol. The molecule has 1 aromatic rings. The number of halogens is 2. The number of nitrogens with one attached hydrogen (secondary N) is 1. The van der Waals surface area contributed by atoms with E-state index in [-0.39, 0.29) is 6.04 Å². The number of terminal acetylenes is 1. The summed E-state index contributed by atoms with van der Waals surface area (Å²) >= 11 is 0. The third-order valence-electron chi connectivity index (χ3n) is 1.86. The molecule has 74 valence electrons. The topological polar surface area (TPSA) is 12.0 Å². The Balaban J connectivity index is 2.64. The fraction of sp³-hybridized carbons (Fsp3) is 0.273. The molecule has 0 bridgehead atoms. The molecule has 1 unspecified atom stereocenters. The van der Waals surface area contributed by atoms with Crippen LogP contribution in [-0.4, -0.2) is 6.04 Å². The summed E-state index contributed by atoms with van der Waals surface area (Å²) in [6.45, 7) is 2.10. The molecule has 0 aliphatic carbocycles. The van der Waals surface area contributed by atoms with Crippen LogP contribution >= 0.6 is 0 Å². The molecule has 0 aliphatic heterocycles. The van der Waals surface area contributed by atoms with Gasteiger partial charge in [0.15, 0.2) is 0 Å². The first-order valence-electron chi connectivity index (χ1n) is 4.27. The summed E-state index contributed by atoms with van der Waals surface area (Å²) in [4.78, 5) is 0. The highest BCUT2D eigenvalue weighted by atomic mass is 19.1. The first kappa shape index (κ1) is 10.7. The van der Waals surface area contributed by atoms with Gasteiger partial charge < -0.3 is 0 Å². The predicted octanol–water partition coefficient (Wildman–Crippen LogP) is 2.08. The van der Waals surface area contributed by atoms with Crippen molar-refractivity contribution in [2.45, 2.75) is 19.5 Å². The first-order valence-corrected chi connectivity index (χ1v) is 4.27. The molecular weight excluding hydrogens is 184 g/mol. The van der Waals surface area contributed by atoms with E-state index in [4.69, 9.17) is 6.42 Å². The van der Waals surface area contributed by atoms with Crippen LogP contribution in [0, 0.1) is 24.0 Å². The van der Waals surface area contributed by atoms with Crippen LogP contribution in [-0.2, 0) is 6.54 Å². The van der Waals surface area contributed by atoms with Crippen LogP contribution in [0.4, 0.5) is 8.78 Å². The molecule has 0 spiro atoms. The zero-order valence-electron chi connectivity index (χ0n) is 7.85. The molecule has 0 saturated carbocycles. The van der Waals surface area contributed by atoms with Crippen molar-refractivity contribution in [2.24, 2.45) is 0 Å². The number of benzene rings is 1. The third-order valence-corrected chi connectivity index (χ3v) is 1.86. The van der Waals surface area contributed by atoms with Crippen molar-refractivity contribution in [3.63, 3.8) is 0 Å². The summed E-state index contributed by atoms with van der Waals surface area (Å²) in [6, 6.07) is 3.36. The Kier molecular flexibility index (Phi) is 3.61. The molecule has 3 heteroatoms. The maximum absolute atomic E-state index is 13.1. The highest BCUT2D eigenvalue weighted by Crippen LogP contribution is 2.09. The molecule has 1 atom stereocenters. The van der Waals surface area contributed by atoms with Gasteiger partial charge in [-0.1, -0.05) is 12.0 Å². The van der Waals surface area contributed by atoms with Crippen molar-refractivity contribution >= 4 is 0 Å². The van der Waals surface area contributed by atoms with Gasteiger partial charge in [-0.2, -0.15) is 0 Å². The Bertz CT molecular complexity index is 355. The van der Waals surface area contributed by atoms with Gasteiger partial charge in [0.1, 0.15) is 11.6 Å². The normalized spacial score (nSPS) is 12.1. The lowest BCUT2D eigenvalue weighted by molar-refractivity contribution is 0.555. The number of hydrogen-bond donors (Lipinski definition) is 1. The van der Waals surface area contributed by atoms with Crippen LogP contribution in [0.5, 0.6) is 0 Å². The molecule has 1 aromatic carbocycles. The molecule has 1 nitrogen and oxygen atoms in total. The van der Waals surface area contributed by atoms with Gasteiger partial charge in [0.05, 0.1) is 6.04 Å². The van der Waals surface area contributed by atoms with Crippen molar-refractivity contribution < 1.29 is 8.78 Å². The zero-order valence-corrected chi connectivity index (χ0v) is 7.85. The largest absolute Gasteiger partial charge is 0.300 e. The zero-order chi connectivity index (χ0) is 10.6. The average Bonchev–Trinajstić information content (AvgIpc) is 2.16. The molecule has 1 N–H and O–H groups in total. The molecule has 0 heterocycles. The van der Waals surface area contributed by atoms with Gasteiger partial charge in [0.25, 0.3) is 0 Å². The lowest BCUT2D eigenvalue weighted by atomic mass is 10.2. The molecule has 0 aliphatic rings. The van der Waals surface area contributed by atoms with Crippen molar-refractivity contribution in [2.75, 3.05) is 0 Å². The number of hydrogen-bond acceptors (Lipinski definition) is 1. The Hall–Kier alpha value is -1.40. The quantitative estimate of drug-likeness (QED) is 0.728. The van der Waals surface area contributed by atoms with Gasteiger partial charge in [-0.25, -0.2) is 8.78 Å². The standard InChI is InChI=1S/C11H11F2N/c1-3-8(2)14-7-9-4-5-10(12)6-11(9)13/h1,4-6,8,14H,7H2,2H3. The van der Waals surface area contributed by atoms with Gasteiger partial charge in [0, 0.05) is 18.2 Å². The Morgan fingerprint density at radius 3 is 2.79 bits per heavy atom. The van der Waals surface area contributed by atoms with E-state index in [1.807, 2.05) is 0 Å². The molecule has 0 aromatic heterocycles. The monoisotopic (exact) mass is 195 g/mol. The second-order valence-corrected chi connectivity index (χ2v) is 3.00. The van der Waals surface area contributed by atoms with Crippen LogP contribution in [0.1, 0.15) is 12.5 Å². The Labute approximate surface area is 82.1 Å². The summed E-state index contributed by atoms with van der Waals surface area (Å²) in [6.07, 6.45) is 5.13. The fourth-order valence-corrected chi connectivity index (χ4v) is 0.987. The van der Waals surface area contributed by atoms with Gasteiger partial charge in [0.2, 0.25) is 0 Å². The van der Waals surface area contributed by atoms with E-state index in [9.17, 15) is 8.78 Å². The second kappa shape index (κ2) is 4.73. The molecule has 14 heavy (non-hydrogen) atoms. The molecule has 1 rings (SSSR count). The molecule has 0 amide bonds. The summed E-state index contributed by atoms with van der Waals surface area (Å²) < 4.78 is 25.6. The minimum absolute atomic E-state index is 0.126. The Morgan fingerprint density at radius 1 is 1.50 bits per heavy atom. The summed E-state index contributed by atoms with van der Waals surface area (Å²) in [5, 5.41) is 2.91. The van der Waals surface area contributed by atoms with Gasteiger partial charge in [-0.05, 0) is 13.0 Å². The SMILES string of the molecule is C#CC(C)NCc1ccc(F)cc1F. The predicted molar refractivity (Wildman–Crippen MR) is 51.5 cm³/mol.